The molecule has 3 rings (SSSR count). The highest BCUT2D eigenvalue weighted by atomic mass is 32.2. The summed E-state index contributed by atoms with van der Waals surface area (Å²) in [5.74, 6) is 0.130. The molecule has 9 heteroatoms. The standard InChI is InChI=1S/C15H15N5O3S/c16-9-14-15(19-7-6-18-14)23-12-3-2-8-20(11-12)24(21,22)13-4-1-5-17-10-13/h1,4-7,10,12H,2-3,8,11H2/t12-/m1/s1. The molecule has 0 aromatic carbocycles. The number of piperidine rings is 1. The molecule has 0 radical (unpaired) electrons. The third-order valence-corrected chi connectivity index (χ3v) is 5.51. The molecule has 0 saturated carbocycles. The zero-order chi connectivity index (χ0) is 17.0. The molecule has 0 amide bonds. The van der Waals surface area contributed by atoms with Crippen molar-refractivity contribution in [1.82, 2.24) is 19.3 Å². The van der Waals surface area contributed by atoms with E-state index in [4.69, 9.17) is 10.00 Å². The quantitative estimate of drug-likeness (QED) is 0.812. The van der Waals surface area contributed by atoms with Gasteiger partial charge in [0.2, 0.25) is 15.7 Å². The summed E-state index contributed by atoms with van der Waals surface area (Å²) in [5.41, 5.74) is 0.0877. The molecule has 0 aliphatic carbocycles. The van der Waals surface area contributed by atoms with E-state index in [9.17, 15) is 8.42 Å². The van der Waals surface area contributed by atoms with E-state index in [1.165, 1.54) is 35.2 Å². The maximum Gasteiger partial charge on any atom is 0.251 e. The van der Waals surface area contributed by atoms with E-state index in [1.54, 1.807) is 6.07 Å². The third kappa shape index (κ3) is 3.34. The summed E-state index contributed by atoms with van der Waals surface area (Å²) >= 11 is 0. The predicted octanol–water partition coefficient (Wildman–Crippen LogP) is 0.975. The average Bonchev–Trinajstić information content (AvgIpc) is 2.63. The second kappa shape index (κ2) is 6.90. The topological polar surface area (TPSA) is 109 Å². The molecule has 0 spiro atoms. The van der Waals surface area contributed by atoms with Gasteiger partial charge in [0.15, 0.2) is 0 Å². The van der Waals surface area contributed by atoms with Gasteiger partial charge < -0.3 is 4.74 Å². The van der Waals surface area contributed by atoms with Crippen molar-refractivity contribution < 1.29 is 13.2 Å². The lowest BCUT2D eigenvalue weighted by Gasteiger charge is -2.31. The fourth-order valence-corrected chi connectivity index (χ4v) is 3.99. The smallest absolute Gasteiger partial charge is 0.251 e. The van der Waals surface area contributed by atoms with Gasteiger partial charge in [-0.05, 0) is 25.0 Å². The summed E-state index contributed by atoms with van der Waals surface area (Å²) < 4.78 is 32.4. The average molecular weight is 345 g/mol. The first-order valence-electron chi connectivity index (χ1n) is 7.39. The lowest BCUT2D eigenvalue weighted by molar-refractivity contribution is 0.124. The van der Waals surface area contributed by atoms with Crippen LogP contribution in [0.4, 0.5) is 0 Å². The van der Waals surface area contributed by atoms with Crippen LogP contribution in [-0.4, -0.2) is 46.9 Å². The molecule has 1 aliphatic heterocycles. The van der Waals surface area contributed by atoms with Crippen LogP contribution in [0, 0.1) is 11.3 Å². The largest absolute Gasteiger partial charge is 0.471 e. The van der Waals surface area contributed by atoms with Crippen LogP contribution < -0.4 is 4.74 Å². The zero-order valence-corrected chi connectivity index (χ0v) is 13.6. The van der Waals surface area contributed by atoms with Crippen LogP contribution in [0.25, 0.3) is 0 Å². The minimum absolute atomic E-state index is 0.0877. The fourth-order valence-electron chi connectivity index (χ4n) is 2.51. The highest BCUT2D eigenvalue weighted by Crippen LogP contribution is 2.23. The van der Waals surface area contributed by atoms with Crippen LogP contribution in [0.3, 0.4) is 0 Å². The van der Waals surface area contributed by atoms with E-state index in [2.05, 4.69) is 15.0 Å². The first kappa shape index (κ1) is 16.3. The van der Waals surface area contributed by atoms with Crippen LogP contribution in [0.15, 0.2) is 41.8 Å². The van der Waals surface area contributed by atoms with E-state index < -0.39 is 10.0 Å². The summed E-state index contributed by atoms with van der Waals surface area (Å²) in [5, 5.41) is 9.03. The van der Waals surface area contributed by atoms with Gasteiger partial charge in [0.25, 0.3) is 5.88 Å². The first-order chi connectivity index (χ1) is 11.6. The fraction of sp³-hybridized carbons (Fsp3) is 0.333. The maximum atomic E-state index is 12.7. The van der Waals surface area contributed by atoms with Gasteiger partial charge in [-0.3, -0.25) is 4.98 Å². The Bertz CT molecular complexity index is 851. The van der Waals surface area contributed by atoms with Gasteiger partial charge in [-0.15, -0.1) is 0 Å². The van der Waals surface area contributed by atoms with Crippen LogP contribution in [0.2, 0.25) is 0 Å². The summed E-state index contributed by atoms with van der Waals surface area (Å²) in [6.07, 6.45) is 6.66. The second-order valence-corrected chi connectivity index (χ2v) is 7.19. The number of aromatic nitrogens is 3. The van der Waals surface area contributed by atoms with Gasteiger partial charge >= 0.3 is 0 Å². The van der Waals surface area contributed by atoms with Crippen molar-refractivity contribution in [2.45, 2.75) is 23.8 Å². The first-order valence-corrected chi connectivity index (χ1v) is 8.83. The van der Waals surface area contributed by atoms with E-state index in [0.717, 1.165) is 0 Å². The number of hydrogen-bond acceptors (Lipinski definition) is 7. The lowest BCUT2D eigenvalue weighted by atomic mass is 10.1. The predicted molar refractivity (Wildman–Crippen MR) is 83.4 cm³/mol. The molecule has 8 nitrogen and oxygen atoms in total. The van der Waals surface area contributed by atoms with Crippen LogP contribution in [0.1, 0.15) is 18.5 Å². The van der Waals surface area contributed by atoms with Crippen molar-refractivity contribution in [3.8, 4) is 11.9 Å². The Morgan fingerprint density at radius 3 is 2.88 bits per heavy atom. The molecule has 2 aromatic heterocycles. The highest BCUT2D eigenvalue weighted by molar-refractivity contribution is 7.89. The van der Waals surface area contributed by atoms with Crippen molar-refractivity contribution in [2.75, 3.05) is 13.1 Å². The number of hydrogen-bond donors (Lipinski definition) is 0. The summed E-state index contributed by atoms with van der Waals surface area (Å²) in [6, 6.07) is 5.02. The van der Waals surface area contributed by atoms with E-state index >= 15 is 0 Å². The number of sulfonamides is 1. The van der Waals surface area contributed by atoms with Crippen LogP contribution in [0.5, 0.6) is 5.88 Å². The summed E-state index contributed by atoms with van der Waals surface area (Å²) in [4.78, 5) is 11.9. The molecule has 1 fully saturated rings. The summed E-state index contributed by atoms with van der Waals surface area (Å²) in [6.45, 7) is 0.612. The molecule has 0 bridgehead atoms. The monoisotopic (exact) mass is 345 g/mol. The SMILES string of the molecule is N#Cc1nccnc1O[C@@H]1CCCN(S(=O)(=O)c2cccnc2)C1. The summed E-state index contributed by atoms with van der Waals surface area (Å²) in [7, 11) is -3.61. The van der Waals surface area contributed by atoms with Crippen molar-refractivity contribution >= 4 is 10.0 Å². The van der Waals surface area contributed by atoms with Crippen LogP contribution in [-0.2, 0) is 10.0 Å². The number of nitrogens with zero attached hydrogens (tertiary/aromatic N) is 5. The van der Waals surface area contributed by atoms with Gasteiger partial charge in [0.05, 0.1) is 6.54 Å². The Morgan fingerprint density at radius 1 is 1.29 bits per heavy atom. The van der Waals surface area contributed by atoms with Crippen molar-refractivity contribution in [3.63, 3.8) is 0 Å². The maximum absolute atomic E-state index is 12.7. The molecule has 2 aromatic rings. The molecule has 3 heterocycles. The normalized spacial score (nSPS) is 18.7. The Hall–Kier alpha value is -2.57. The molecule has 1 atom stereocenters. The Labute approximate surface area is 139 Å². The van der Waals surface area contributed by atoms with Crippen LogP contribution >= 0.6 is 0 Å². The van der Waals surface area contributed by atoms with Crippen molar-refractivity contribution in [3.05, 3.63) is 42.6 Å². The van der Waals surface area contributed by atoms with Crippen molar-refractivity contribution in [1.29, 1.82) is 5.26 Å². The molecule has 1 saturated heterocycles. The molecule has 0 unspecified atom stereocenters. The number of rotatable bonds is 4. The second-order valence-electron chi connectivity index (χ2n) is 5.26. The molecule has 124 valence electrons. The lowest BCUT2D eigenvalue weighted by Crippen LogP contribution is -2.44. The molecular formula is C15H15N5O3S. The Kier molecular flexibility index (Phi) is 4.69. The molecular weight excluding hydrogens is 330 g/mol. The van der Waals surface area contributed by atoms with Gasteiger partial charge in [-0.25, -0.2) is 18.4 Å². The minimum Gasteiger partial charge on any atom is -0.471 e. The Morgan fingerprint density at radius 2 is 2.12 bits per heavy atom. The van der Waals surface area contributed by atoms with Gasteiger partial charge in [0.1, 0.15) is 17.1 Å². The number of ether oxygens (including phenoxy) is 1. The zero-order valence-electron chi connectivity index (χ0n) is 12.7. The van der Waals surface area contributed by atoms with E-state index in [1.807, 2.05) is 6.07 Å². The minimum atomic E-state index is -3.61. The van der Waals surface area contributed by atoms with Gasteiger partial charge in [-0.2, -0.15) is 9.57 Å². The molecule has 1 aliphatic rings. The van der Waals surface area contributed by atoms with Gasteiger partial charge in [-0.1, -0.05) is 0 Å². The number of pyridine rings is 1. The number of nitriles is 1. The van der Waals surface area contributed by atoms with Gasteiger partial charge in [0, 0.05) is 31.3 Å². The van der Waals surface area contributed by atoms with E-state index in [0.29, 0.717) is 19.4 Å². The highest BCUT2D eigenvalue weighted by Gasteiger charge is 2.31. The third-order valence-electron chi connectivity index (χ3n) is 3.66. The molecule has 0 N–H and O–H groups in total. The molecule has 24 heavy (non-hydrogen) atoms. The van der Waals surface area contributed by atoms with Crippen molar-refractivity contribution in [2.24, 2.45) is 0 Å². The Balaban J connectivity index is 1.77. The van der Waals surface area contributed by atoms with E-state index in [-0.39, 0.29) is 29.1 Å².